The monoisotopic (exact) mass is 551 g/mol. The van der Waals surface area contributed by atoms with Crippen LogP contribution in [0.5, 0.6) is 0 Å². The van der Waals surface area contributed by atoms with Gasteiger partial charge in [-0.25, -0.2) is 4.79 Å². The average molecular weight is 552 g/mol. The molecule has 5 fully saturated rings. The van der Waals surface area contributed by atoms with Crippen molar-refractivity contribution in [1.82, 2.24) is 15.5 Å². The Hall–Kier alpha value is -1.85. The van der Waals surface area contributed by atoms with E-state index in [9.17, 15) is 14.4 Å². The molecule has 0 radical (unpaired) electrons. The number of imide groups is 1. The van der Waals surface area contributed by atoms with E-state index in [-0.39, 0.29) is 40.6 Å². The van der Waals surface area contributed by atoms with Crippen LogP contribution in [0.2, 0.25) is 0 Å². The molecule has 6 aliphatic rings. The molecule has 1 aliphatic heterocycles. The average Bonchev–Trinajstić information content (AvgIpc) is 3.33. The lowest BCUT2D eigenvalue weighted by molar-refractivity contribution is -0.141. The summed E-state index contributed by atoms with van der Waals surface area (Å²) in [4.78, 5) is 42.0. The minimum absolute atomic E-state index is 0.00622. The highest BCUT2D eigenvalue weighted by Gasteiger charge is 2.61. The van der Waals surface area contributed by atoms with Gasteiger partial charge in [0.25, 0.3) is 0 Å². The molecule has 40 heavy (non-hydrogen) atoms. The molecule has 7 atom stereocenters. The molecule has 6 nitrogen and oxygen atoms in total. The van der Waals surface area contributed by atoms with Crippen molar-refractivity contribution in [2.45, 2.75) is 123 Å². The van der Waals surface area contributed by atoms with Crippen molar-refractivity contribution < 1.29 is 14.4 Å². The van der Waals surface area contributed by atoms with Gasteiger partial charge in [0.1, 0.15) is 0 Å². The van der Waals surface area contributed by atoms with Crippen LogP contribution in [0.25, 0.3) is 0 Å². The summed E-state index contributed by atoms with van der Waals surface area (Å²) < 4.78 is 0. The van der Waals surface area contributed by atoms with E-state index in [1.807, 2.05) is 0 Å². The summed E-state index contributed by atoms with van der Waals surface area (Å²) in [5.74, 6) is 2.76. The van der Waals surface area contributed by atoms with Crippen LogP contribution in [0.15, 0.2) is 12.2 Å². The molecular formula is C34H53N3O3. The van der Waals surface area contributed by atoms with Gasteiger partial charge in [0.05, 0.1) is 0 Å². The maximum Gasteiger partial charge on any atom is 0.324 e. The number of carbonyl (C=O) groups excluding carboxylic acids is 3. The molecule has 0 aromatic carbocycles. The molecule has 0 saturated heterocycles. The second kappa shape index (κ2) is 11.4. The Morgan fingerprint density at radius 3 is 2.30 bits per heavy atom. The number of hydrogen-bond acceptors (Lipinski definition) is 3. The summed E-state index contributed by atoms with van der Waals surface area (Å²) in [6.07, 6.45) is 22.5. The quantitative estimate of drug-likeness (QED) is 0.404. The molecule has 0 aromatic heterocycles. The Bertz CT molecular complexity index is 998. The van der Waals surface area contributed by atoms with Gasteiger partial charge < -0.3 is 10.6 Å². The molecule has 222 valence electrons. The maximum absolute atomic E-state index is 14.5. The van der Waals surface area contributed by atoms with Crippen molar-refractivity contribution in [2.24, 2.45) is 46.3 Å². The molecule has 6 heteroatoms. The van der Waals surface area contributed by atoms with Crippen molar-refractivity contribution >= 4 is 17.8 Å². The van der Waals surface area contributed by atoms with Gasteiger partial charge in [-0.1, -0.05) is 58.4 Å². The maximum atomic E-state index is 14.5. The van der Waals surface area contributed by atoms with Gasteiger partial charge in [-0.2, -0.15) is 0 Å². The Morgan fingerprint density at radius 2 is 1.57 bits per heavy atom. The first-order valence-electron chi connectivity index (χ1n) is 16.9. The fourth-order valence-corrected chi connectivity index (χ4v) is 10.5. The largest absolute Gasteiger partial charge is 0.349 e. The number of carbonyl (C=O) groups is 3. The Morgan fingerprint density at radius 1 is 0.875 bits per heavy atom. The smallest absolute Gasteiger partial charge is 0.324 e. The van der Waals surface area contributed by atoms with Crippen molar-refractivity contribution in [1.29, 1.82) is 0 Å². The summed E-state index contributed by atoms with van der Waals surface area (Å²) in [5, 5.41) is 6.50. The van der Waals surface area contributed by atoms with Crippen molar-refractivity contribution in [2.75, 3.05) is 13.1 Å². The number of fused-ring (bicyclic) bond motifs is 5. The normalized spacial score (nSPS) is 40.0. The van der Waals surface area contributed by atoms with Crippen LogP contribution in [0.3, 0.4) is 0 Å². The van der Waals surface area contributed by atoms with Crippen LogP contribution >= 0.6 is 0 Å². The van der Waals surface area contributed by atoms with Crippen LogP contribution < -0.4 is 10.6 Å². The number of hydrogen-bond donors (Lipinski definition) is 2. The second-order valence-electron chi connectivity index (χ2n) is 15.0. The molecule has 4 amide bonds. The van der Waals surface area contributed by atoms with E-state index >= 15 is 0 Å². The highest BCUT2D eigenvalue weighted by molar-refractivity contribution is 5.96. The molecule has 0 spiro atoms. The number of amides is 4. The fourth-order valence-electron chi connectivity index (χ4n) is 10.5. The van der Waals surface area contributed by atoms with Gasteiger partial charge in [-0.15, -0.1) is 0 Å². The van der Waals surface area contributed by atoms with Gasteiger partial charge in [0, 0.05) is 30.5 Å². The van der Waals surface area contributed by atoms with E-state index in [4.69, 9.17) is 0 Å². The zero-order valence-electron chi connectivity index (χ0n) is 25.1. The van der Waals surface area contributed by atoms with Gasteiger partial charge in [-0.3, -0.25) is 14.5 Å². The minimum Gasteiger partial charge on any atom is -0.349 e. The lowest BCUT2D eigenvalue weighted by atomic mass is 9.48. The lowest BCUT2D eigenvalue weighted by Crippen LogP contribution is -2.60. The molecule has 5 saturated carbocycles. The van der Waals surface area contributed by atoms with Gasteiger partial charge in [-0.05, 0) is 105 Å². The fraction of sp³-hybridized carbons (Fsp3) is 0.853. The van der Waals surface area contributed by atoms with Crippen LogP contribution in [-0.2, 0) is 9.59 Å². The van der Waals surface area contributed by atoms with Crippen LogP contribution in [0, 0.1) is 46.3 Å². The number of urea groups is 1. The molecule has 0 bridgehead atoms. The molecular weight excluding hydrogens is 498 g/mol. The zero-order valence-corrected chi connectivity index (χ0v) is 25.1. The van der Waals surface area contributed by atoms with E-state index in [0.717, 1.165) is 51.4 Å². The molecule has 1 heterocycles. The van der Waals surface area contributed by atoms with Gasteiger partial charge in [0.15, 0.2) is 0 Å². The third kappa shape index (κ3) is 5.15. The van der Waals surface area contributed by atoms with E-state index in [1.54, 1.807) is 11.0 Å². The third-order valence-electron chi connectivity index (χ3n) is 12.9. The molecule has 0 aromatic rings. The highest BCUT2D eigenvalue weighted by Crippen LogP contribution is 2.65. The van der Waals surface area contributed by atoms with Crippen molar-refractivity contribution in [3.8, 4) is 0 Å². The highest BCUT2D eigenvalue weighted by atomic mass is 16.2. The van der Waals surface area contributed by atoms with Crippen LogP contribution in [-0.4, -0.2) is 41.9 Å². The zero-order chi connectivity index (χ0) is 27.9. The number of nitrogens with one attached hydrogen (secondary N) is 2. The predicted molar refractivity (Wildman–Crippen MR) is 157 cm³/mol. The Labute approximate surface area is 241 Å². The summed E-state index contributed by atoms with van der Waals surface area (Å²) >= 11 is 0. The van der Waals surface area contributed by atoms with E-state index in [2.05, 4.69) is 30.6 Å². The standard InChI is InChI=1S/C34H53N3O3/c1-33-19-17-27-25(13-16-29-34(27,2)20-18-30(38)36-29)26(33)14-15-28(33)31(39)37(22-24-11-7-4-8-12-24)32(40)35-21-23-9-5-3-6-10-23/h18,20,23-29H,3-17,19,21-22H2,1-2H3,(H,35,40)(H,36,38)/t25-,26-,27-,28+,29+,33-,34+/m0/s1. The Kier molecular flexibility index (Phi) is 8.09. The summed E-state index contributed by atoms with van der Waals surface area (Å²) in [7, 11) is 0. The SMILES string of the molecule is C[C@]12C=CC(=O)N[C@@H]1CC[C@@H]1[C@@H]2CC[C@]2(C)[C@@H](C(=O)N(CC3CCCCC3)C(=O)NCC3CCCCC3)CC[C@@H]12. The number of nitrogens with zero attached hydrogens (tertiary/aromatic N) is 1. The van der Waals surface area contributed by atoms with E-state index in [1.165, 1.54) is 51.4 Å². The number of rotatable bonds is 5. The first kappa shape index (κ1) is 28.3. The van der Waals surface area contributed by atoms with E-state index in [0.29, 0.717) is 42.7 Å². The minimum atomic E-state index is -0.127. The first-order valence-corrected chi connectivity index (χ1v) is 16.9. The predicted octanol–water partition coefficient (Wildman–Crippen LogP) is 6.60. The molecule has 5 aliphatic carbocycles. The summed E-state index contributed by atoms with van der Waals surface area (Å²) in [5.41, 5.74) is -0.0379. The third-order valence-corrected chi connectivity index (χ3v) is 12.9. The summed E-state index contributed by atoms with van der Waals surface area (Å²) in [6, 6.07) is 0.103. The van der Waals surface area contributed by atoms with Crippen LogP contribution in [0.4, 0.5) is 4.79 Å². The van der Waals surface area contributed by atoms with Gasteiger partial charge in [0.2, 0.25) is 11.8 Å². The van der Waals surface area contributed by atoms with Gasteiger partial charge >= 0.3 is 6.03 Å². The van der Waals surface area contributed by atoms with Crippen molar-refractivity contribution in [3.63, 3.8) is 0 Å². The molecule has 0 unspecified atom stereocenters. The van der Waals surface area contributed by atoms with E-state index < -0.39 is 0 Å². The molecule has 6 rings (SSSR count). The Balaban J connectivity index is 1.18. The van der Waals surface area contributed by atoms with Crippen LogP contribution in [0.1, 0.15) is 117 Å². The topological polar surface area (TPSA) is 78.5 Å². The molecule has 2 N–H and O–H groups in total. The second-order valence-corrected chi connectivity index (χ2v) is 15.0. The first-order chi connectivity index (χ1) is 19.3. The summed E-state index contributed by atoms with van der Waals surface area (Å²) in [6.45, 7) is 6.05. The lowest BCUT2D eigenvalue weighted by Gasteiger charge is -2.58. The van der Waals surface area contributed by atoms with Crippen molar-refractivity contribution in [3.05, 3.63) is 12.2 Å².